The zero-order valence-corrected chi connectivity index (χ0v) is 26.9. The van der Waals surface area contributed by atoms with Gasteiger partial charge in [-0.25, -0.2) is 9.97 Å². The molecule has 0 N–H and O–H groups in total. The largest absolute Gasteiger partial charge is 0.262 e. The average molecular weight is 627 g/mol. The fourth-order valence-electron chi connectivity index (χ4n) is 7.14. The van der Waals surface area contributed by atoms with Gasteiger partial charge in [0.1, 0.15) is 0 Å². The van der Waals surface area contributed by atoms with Crippen LogP contribution in [0.4, 0.5) is 5.69 Å². The highest BCUT2D eigenvalue weighted by atomic mass is 14.8. The first-order chi connectivity index (χ1) is 24.2. The number of hydrogen-bond donors (Lipinski definition) is 0. The zero-order chi connectivity index (χ0) is 32.9. The molecule has 0 saturated heterocycles. The third-order valence-corrected chi connectivity index (χ3v) is 9.44. The van der Waals surface area contributed by atoms with E-state index in [1.807, 2.05) is 31.3 Å². The minimum Gasteiger partial charge on any atom is -0.262 e. The lowest BCUT2D eigenvalue weighted by atomic mass is 9.95. The van der Waals surface area contributed by atoms with E-state index in [0.29, 0.717) is 0 Å². The van der Waals surface area contributed by atoms with E-state index in [1.54, 1.807) is 0 Å². The molecule has 0 bridgehead atoms. The third-order valence-electron chi connectivity index (χ3n) is 9.44. The SMILES string of the molecule is C=Nc1c(/C=C\C)ccc2c(-c3ccc4cc(-c5ccc6ccc7c(-c8ccccc8)c8ccccc8nc7c6n5)ccc4c3)ccnc12. The molecule has 0 spiro atoms. The van der Waals surface area contributed by atoms with Crippen LogP contribution in [-0.2, 0) is 0 Å². The topological polar surface area (TPSA) is 51.0 Å². The number of pyridine rings is 3. The van der Waals surface area contributed by atoms with E-state index in [9.17, 15) is 0 Å². The van der Waals surface area contributed by atoms with E-state index in [0.717, 1.165) is 88.0 Å². The molecule has 0 atom stereocenters. The van der Waals surface area contributed by atoms with Crippen molar-refractivity contribution in [1.29, 1.82) is 0 Å². The second-order valence-electron chi connectivity index (χ2n) is 12.3. The van der Waals surface area contributed by atoms with Gasteiger partial charge in [-0.05, 0) is 71.4 Å². The molecule has 0 radical (unpaired) electrons. The number of aromatic nitrogens is 3. The first kappa shape index (κ1) is 28.7. The van der Waals surface area contributed by atoms with Gasteiger partial charge >= 0.3 is 0 Å². The number of para-hydroxylation sites is 1. The van der Waals surface area contributed by atoms with Crippen molar-refractivity contribution in [2.24, 2.45) is 4.99 Å². The zero-order valence-electron chi connectivity index (χ0n) is 26.9. The standard InChI is InChI=1S/C45H30N4/c1-3-9-29-18-21-36-35(24-25-47-44(36)42(29)46-2)33-16-14-32-27-34(17-15-31(32)26-33)39-23-20-30-19-22-38-41(28-10-5-4-6-11-28)37-12-7-8-13-40(37)49-45(38)43(30)48-39/h3-27H,2H2,1H3/b9-3-. The van der Waals surface area contributed by atoms with Gasteiger partial charge < -0.3 is 0 Å². The maximum Gasteiger partial charge on any atom is 0.0978 e. The summed E-state index contributed by atoms with van der Waals surface area (Å²) in [5.41, 5.74) is 12.0. The van der Waals surface area contributed by atoms with Gasteiger partial charge in [0, 0.05) is 44.4 Å². The molecule has 6 aromatic carbocycles. The van der Waals surface area contributed by atoms with Gasteiger partial charge in [0.2, 0.25) is 0 Å². The molecule has 0 amide bonds. The lowest BCUT2D eigenvalue weighted by Gasteiger charge is -2.13. The molecule has 3 heterocycles. The lowest BCUT2D eigenvalue weighted by molar-refractivity contribution is 1.39. The second-order valence-corrected chi connectivity index (χ2v) is 12.3. The summed E-state index contributed by atoms with van der Waals surface area (Å²) in [6.07, 6.45) is 5.90. The predicted octanol–water partition coefficient (Wildman–Crippen LogP) is 12.0. The minimum absolute atomic E-state index is 0.804. The van der Waals surface area contributed by atoms with Crippen molar-refractivity contribution in [2.75, 3.05) is 0 Å². The Kier molecular flexibility index (Phi) is 6.80. The summed E-state index contributed by atoms with van der Waals surface area (Å²) in [5, 5.41) is 6.68. The molecular formula is C45H30N4. The van der Waals surface area contributed by atoms with Crippen molar-refractivity contribution in [3.63, 3.8) is 0 Å². The Bertz CT molecular complexity index is 2800. The summed E-state index contributed by atoms with van der Waals surface area (Å²) >= 11 is 0. The normalized spacial score (nSPS) is 11.8. The van der Waals surface area contributed by atoms with Crippen LogP contribution in [0.25, 0.3) is 94.0 Å². The Morgan fingerprint density at radius 3 is 2.14 bits per heavy atom. The molecule has 3 aromatic heterocycles. The predicted molar refractivity (Wildman–Crippen MR) is 208 cm³/mol. The van der Waals surface area contributed by atoms with Gasteiger partial charge in [-0.15, -0.1) is 0 Å². The van der Waals surface area contributed by atoms with Gasteiger partial charge in [-0.2, -0.15) is 0 Å². The van der Waals surface area contributed by atoms with Crippen LogP contribution in [0.2, 0.25) is 0 Å². The quantitative estimate of drug-likeness (QED) is 0.108. The smallest absolute Gasteiger partial charge is 0.0978 e. The number of aliphatic imine (C=N–C) groups is 1. The number of allylic oxidation sites excluding steroid dienone is 1. The van der Waals surface area contributed by atoms with Crippen LogP contribution in [-0.4, -0.2) is 21.7 Å². The van der Waals surface area contributed by atoms with Gasteiger partial charge in [-0.3, -0.25) is 9.98 Å². The first-order valence-corrected chi connectivity index (χ1v) is 16.4. The summed E-state index contributed by atoms with van der Waals surface area (Å²) in [5.74, 6) is 0. The number of rotatable bonds is 5. The molecule has 4 nitrogen and oxygen atoms in total. The summed E-state index contributed by atoms with van der Waals surface area (Å²) in [6, 6.07) is 47.1. The Morgan fingerprint density at radius 1 is 0.571 bits per heavy atom. The highest BCUT2D eigenvalue weighted by Crippen LogP contribution is 2.39. The van der Waals surface area contributed by atoms with Crippen LogP contribution in [0.5, 0.6) is 0 Å². The van der Waals surface area contributed by atoms with Crippen molar-refractivity contribution in [1.82, 2.24) is 15.0 Å². The van der Waals surface area contributed by atoms with Crippen molar-refractivity contribution in [3.8, 4) is 33.5 Å². The number of hydrogen-bond acceptors (Lipinski definition) is 4. The number of nitrogens with zero attached hydrogens (tertiary/aromatic N) is 4. The Hall–Kier alpha value is -6.52. The second kappa shape index (κ2) is 11.6. The highest BCUT2D eigenvalue weighted by molar-refractivity contribution is 6.16. The monoisotopic (exact) mass is 626 g/mol. The molecule has 9 aromatic rings. The minimum atomic E-state index is 0.804. The molecule has 0 unspecified atom stereocenters. The van der Waals surface area contributed by atoms with E-state index >= 15 is 0 Å². The fraction of sp³-hybridized carbons (Fsp3) is 0.0222. The maximum absolute atomic E-state index is 5.27. The van der Waals surface area contributed by atoms with Crippen molar-refractivity contribution in [3.05, 3.63) is 151 Å². The van der Waals surface area contributed by atoms with Crippen LogP contribution >= 0.6 is 0 Å². The van der Waals surface area contributed by atoms with Gasteiger partial charge in [-0.1, -0.05) is 115 Å². The Labute approximate surface area is 283 Å². The van der Waals surface area contributed by atoms with Crippen LogP contribution in [0.3, 0.4) is 0 Å². The molecule has 230 valence electrons. The molecule has 0 aliphatic rings. The van der Waals surface area contributed by atoms with E-state index in [1.165, 1.54) is 11.1 Å². The Morgan fingerprint density at radius 2 is 1.31 bits per heavy atom. The summed E-state index contributed by atoms with van der Waals surface area (Å²) in [4.78, 5) is 19.5. The molecule has 0 fully saturated rings. The van der Waals surface area contributed by atoms with Gasteiger partial charge in [0.15, 0.2) is 0 Å². The summed E-state index contributed by atoms with van der Waals surface area (Å²) in [7, 11) is 0. The molecule has 4 heteroatoms. The third kappa shape index (κ3) is 4.77. The van der Waals surface area contributed by atoms with E-state index in [-0.39, 0.29) is 0 Å². The van der Waals surface area contributed by atoms with Crippen molar-refractivity contribution in [2.45, 2.75) is 6.92 Å². The fourth-order valence-corrected chi connectivity index (χ4v) is 7.14. The van der Waals surface area contributed by atoms with Crippen molar-refractivity contribution >= 4 is 72.9 Å². The van der Waals surface area contributed by atoms with Crippen LogP contribution in [0.15, 0.2) is 151 Å². The average Bonchev–Trinajstić information content (AvgIpc) is 3.16. The van der Waals surface area contributed by atoms with E-state index < -0.39 is 0 Å². The first-order valence-electron chi connectivity index (χ1n) is 16.4. The van der Waals surface area contributed by atoms with Crippen LogP contribution in [0.1, 0.15) is 12.5 Å². The molecule has 0 saturated carbocycles. The molecule has 0 aliphatic heterocycles. The highest BCUT2D eigenvalue weighted by Gasteiger charge is 2.15. The van der Waals surface area contributed by atoms with E-state index in [2.05, 4.69) is 144 Å². The molecular weight excluding hydrogens is 597 g/mol. The Balaban J connectivity index is 1.16. The van der Waals surface area contributed by atoms with Crippen LogP contribution in [0, 0.1) is 0 Å². The number of fused-ring (bicyclic) bond motifs is 6. The summed E-state index contributed by atoms with van der Waals surface area (Å²) < 4.78 is 0. The molecule has 9 rings (SSSR count). The van der Waals surface area contributed by atoms with E-state index in [4.69, 9.17) is 9.97 Å². The van der Waals surface area contributed by atoms with Crippen molar-refractivity contribution < 1.29 is 0 Å². The van der Waals surface area contributed by atoms with Crippen LogP contribution < -0.4 is 0 Å². The summed E-state index contributed by atoms with van der Waals surface area (Å²) in [6.45, 7) is 5.83. The van der Waals surface area contributed by atoms with Gasteiger partial charge in [0.05, 0.1) is 33.4 Å². The maximum atomic E-state index is 5.27. The lowest BCUT2D eigenvalue weighted by Crippen LogP contribution is -1.93. The molecule has 0 aliphatic carbocycles. The molecule has 49 heavy (non-hydrogen) atoms. The van der Waals surface area contributed by atoms with Gasteiger partial charge in [0.25, 0.3) is 0 Å². The number of benzene rings is 6.